The van der Waals surface area contributed by atoms with Crippen LogP contribution < -0.4 is 5.43 Å². The molecule has 0 radical (unpaired) electrons. The Bertz CT molecular complexity index is 940. The number of carbonyl (C=O) groups is 1. The molecule has 0 saturated carbocycles. The monoisotopic (exact) mass is 385 g/mol. The molecule has 0 bridgehead atoms. The van der Waals surface area contributed by atoms with Gasteiger partial charge in [-0.15, -0.1) is 11.6 Å². The fraction of sp³-hybridized carbons (Fsp3) is 0.286. The molecule has 1 fully saturated rings. The van der Waals surface area contributed by atoms with E-state index in [4.69, 9.17) is 11.6 Å². The number of fused-ring (bicyclic) bond motifs is 1. The Morgan fingerprint density at radius 2 is 2.04 bits per heavy atom. The van der Waals surface area contributed by atoms with E-state index in [1.54, 1.807) is 6.07 Å². The van der Waals surface area contributed by atoms with E-state index in [2.05, 4.69) is 10.4 Å². The molecule has 0 aliphatic carbocycles. The van der Waals surface area contributed by atoms with Crippen molar-refractivity contribution in [1.82, 2.24) is 15.4 Å². The van der Waals surface area contributed by atoms with E-state index in [1.165, 1.54) is 12.1 Å². The predicted octanol–water partition coefficient (Wildman–Crippen LogP) is 4.47. The summed E-state index contributed by atoms with van der Waals surface area (Å²) in [6, 6.07) is 14.1. The van der Waals surface area contributed by atoms with E-state index in [0.717, 1.165) is 35.7 Å². The number of H-pyrrole nitrogens is 1. The molecule has 2 aromatic carbocycles. The lowest BCUT2D eigenvalue weighted by molar-refractivity contribution is 0.0638. The number of piperidine rings is 1. The Kier molecular flexibility index (Phi) is 5.14. The lowest BCUT2D eigenvalue weighted by Crippen LogP contribution is -2.50. The number of nitrogens with zero attached hydrogens (tertiary/aromatic N) is 1. The third kappa shape index (κ3) is 4.15. The Morgan fingerprint density at radius 3 is 2.81 bits per heavy atom. The summed E-state index contributed by atoms with van der Waals surface area (Å²) in [6.07, 6.45) is 4.43. The number of halogens is 2. The molecule has 2 N–H and O–H groups in total. The maximum atomic E-state index is 13.0. The lowest BCUT2D eigenvalue weighted by atomic mass is 9.90. The van der Waals surface area contributed by atoms with Gasteiger partial charge in [-0.2, -0.15) is 0 Å². The number of carbonyl (C=O) groups excluding carboxylic acids is 1. The van der Waals surface area contributed by atoms with Gasteiger partial charge in [-0.25, -0.2) is 9.40 Å². The van der Waals surface area contributed by atoms with Crippen molar-refractivity contribution in [1.29, 1.82) is 0 Å². The van der Waals surface area contributed by atoms with Gasteiger partial charge in [0.05, 0.1) is 0 Å². The van der Waals surface area contributed by atoms with Gasteiger partial charge in [-0.3, -0.25) is 10.2 Å². The van der Waals surface area contributed by atoms with Crippen molar-refractivity contribution < 1.29 is 9.18 Å². The molecular weight excluding hydrogens is 365 g/mol. The molecule has 1 aliphatic rings. The molecular formula is C21H21ClFN3O. The van der Waals surface area contributed by atoms with Gasteiger partial charge in [-0.05, 0) is 67.1 Å². The van der Waals surface area contributed by atoms with Crippen LogP contribution in [0.3, 0.4) is 0 Å². The molecule has 1 amide bonds. The maximum Gasteiger partial charge on any atom is 0.265 e. The van der Waals surface area contributed by atoms with Crippen molar-refractivity contribution in [3.63, 3.8) is 0 Å². The van der Waals surface area contributed by atoms with Gasteiger partial charge in [0.2, 0.25) is 0 Å². The zero-order chi connectivity index (χ0) is 18.8. The van der Waals surface area contributed by atoms with Crippen LogP contribution in [0.2, 0.25) is 0 Å². The molecule has 4 rings (SSSR count). The van der Waals surface area contributed by atoms with E-state index < -0.39 is 0 Å². The van der Waals surface area contributed by atoms with Crippen LogP contribution in [-0.2, 0) is 6.42 Å². The predicted molar refractivity (Wildman–Crippen MR) is 105 cm³/mol. The summed E-state index contributed by atoms with van der Waals surface area (Å²) in [5, 5.41) is 2.81. The summed E-state index contributed by atoms with van der Waals surface area (Å²) < 4.78 is 13.0. The largest absolute Gasteiger partial charge is 0.361 e. The highest BCUT2D eigenvalue weighted by atomic mass is 35.5. The minimum Gasteiger partial charge on any atom is -0.361 e. The van der Waals surface area contributed by atoms with Gasteiger partial charge in [0, 0.05) is 29.2 Å². The Hall–Kier alpha value is -2.37. The van der Waals surface area contributed by atoms with Gasteiger partial charge >= 0.3 is 0 Å². The Morgan fingerprint density at radius 1 is 1.22 bits per heavy atom. The minimum absolute atomic E-state index is 0.152. The fourth-order valence-electron chi connectivity index (χ4n) is 3.64. The third-order valence-electron chi connectivity index (χ3n) is 5.14. The van der Waals surface area contributed by atoms with E-state index in [0.29, 0.717) is 18.0 Å². The number of benzene rings is 2. The van der Waals surface area contributed by atoms with E-state index >= 15 is 0 Å². The number of rotatable bonds is 4. The van der Waals surface area contributed by atoms with Crippen LogP contribution in [0.1, 0.15) is 28.8 Å². The van der Waals surface area contributed by atoms with Crippen molar-refractivity contribution in [2.24, 2.45) is 5.92 Å². The Balaban J connectivity index is 1.35. The first-order valence-electron chi connectivity index (χ1n) is 9.12. The molecule has 2 heterocycles. The van der Waals surface area contributed by atoms with Crippen LogP contribution in [0.15, 0.2) is 54.7 Å². The fourth-order valence-corrected chi connectivity index (χ4v) is 4.03. The molecule has 27 heavy (non-hydrogen) atoms. The van der Waals surface area contributed by atoms with Crippen LogP contribution in [-0.4, -0.2) is 27.9 Å². The first-order chi connectivity index (χ1) is 13.1. The zero-order valence-corrected chi connectivity index (χ0v) is 15.5. The van der Waals surface area contributed by atoms with E-state index in [9.17, 15) is 9.18 Å². The highest BCUT2D eigenvalue weighted by Gasteiger charge is 2.28. The minimum atomic E-state index is -0.260. The quantitative estimate of drug-likeness (QED) is 0.514. The van der Waals surface area contributed by atoms with Crippen molar-refractivity contribution in [3.05, 3.63) is 71.7 Å². The highest BCUT2D eigenvalue weighted by molar-refractivity contribution is 6.20. The molecule has 140 valence electrons. The van der Waals surface area contributed by atoms with Gasteiger partial charge < -0.3 is 4.98 Å². The molecule has 3 aromatic rings. The maximum absolute atomic E-state index is 13.0. The van der Waals surface area contributed by atoms with Crippen molar-refractivity contribution in [2.75, 3.05) is 6.54 Å². The second-order valence-electron chi connectivity index (χ2n) is 7.07. The third-order valence-corrected chi connectivity index (χ3v) is 5.56. The molecule has 1 aliphatic heterocycles. The summed E-state index contributed by atoms with van der Waals surface area (Å²) in [6.45, 7) is 0.693. The first kappa shape index (κ1) is 18.0. The summed E-state index contributed by atoms with van der Waals surface area (Å²) in [5.41, 5.74) is 5.40. The van der Waals surface area contributed by atoms with Gasteiger partial charge in [-0.1, -0.05) is 12.1 Å². The average molecular weight is 386 g/mol. The number of alkyl halides is 1. The van der Waals surface area contributed by atoms with Crippen LogP contribution >= 0.6 is 11.6 Å². The summed E-state index contributed by atoms with van der Waals surface area (Å²) in [5.74, 6) is 0.0485. The smallest absolute Gasteiger partial charge is 0.265 e. The molecule has 2 atom stereocenters. The lowest BCUT2D eigenvalue weighted by Gasteiger charge is -2.36. The average Bonchev–Trinajstić information content (AvgIpc) is 3.13. The van der Waals surface area contributed by atoms with E-state index in [1.807, 2.05) is 41.5 Å². The molecule has 0 spiro atoms. The summed E-state index contributed by atoms with van der Waals surface area (Å²) >= 11 is 6.52. The summed E-state index contributed by atoms with van der Waals surface area (Å²) in [4.78, 5) is 15.7. The first-order valence-corrected chi connectivity index (χ1v) is 9.55. The second-order valence-corrected chi connectivity index (χ2v) is 7.57. The number of aromatic nitrogens is 1. The normalized spacial score (nSPS) is 20.7. The molecule has 1 saturated heterocycles. The highest BCUT2D eigenvalue weighted by Crippen LogP contribution is 2.27. The molecule has 1 aromatic heterocycles. The summed E-state index contributed by atoms with van der Waals surface area (Å²) in [7, 11) is 0. The number of nitrogens with one attached hydrogen (secondary N) is 2. The zero-order valence-electron chi connectivity index (χ0n) is 14.8. The standard InChI is InChI=1S/C21H21ClFN3O/c22-20-12-15(11-14-1-4-18(23)5-2-14)8-10-26(20)25-21(27)17-3-6-19-16(13-17)7-9-24-19/h1-7,9,13,15,20,24H,8,10-12H2,(H,25,27). The van der Waals surface area contributed by atoms with Gasteiger partial charge in [0.1, 0.15) is 11.3 Å². The van der Waals surface area contributed by atoms with Crippen LogP contribution in [0.25, 0.3) is 10.9 Å². The molecule has 2 unspecified atom stereocenters. The van der Waals surface area contributed by atoms with E-state index in [-0.39, 0.29) is 17.2 Å². The second kappa shape index (κ2) is 7.71. The number of aromatic amines is 1. The number of hydrogen-bond donors (Lipinski definition) is 2. The Labute approximate surface area is 162 Å². The van der Waals surface area contributed by atoms with Crippen LogP contribution in [0.4, 0.5) is 4.39 Å². The van der Waals surface area contributed by atoms with Crippen molar-refractivity contribution >= 4 is 28.4 Å². The van der Waals surface area contributed by atoms with Crippen LogP contribution in [0.5, 0.6) is 0 Å². The molecule has 4 nitrogen and oxygen atoms in total. The molecule has 6 heteroatoms. The van der Waals surface area contributed by atoms with Crippen LogP contribution in [0, 0.1) is 11.7 Å². The number of hydrogen-bond acceptors (Lipinski definition) is 2. The van der Waals surface area contributed by atoms with Gasteiger partial charge in [0.15, 0.2) is 0 Å². The number of hydrazine groups is 1. The topological polar surface area (TPSA) is 48.1 Å². The van der Waals surface area contributed by atoms with Crippen molar-refractivity contribution in [3.8, 4) is 0 Å². The number of amides is 1. The SMILES string of the molecule is O=C(NN1CCC(Cc2ccc(F)cc2)CC1Cl)c1ccc2[nH]ccc2c1. The van der Waals surface area contributed by atoms with Crippen molar-refractivity contribution in [2.45, 2.75) is 24.8 Å². The van der Waals surface area contributed by atoms with Gasteiger partial charge in [0.25, 0.3) is 5.91 Å².